The molecule has 34 heavy (non-hydrogen) atoms. The highest BCUT2D eigenvalue weighted by molar-refractivity contribution is 5.48. The summed E-state index contributed by atoms with van der Waals surface area (Å²) in [6.45, 7) is 4.48. The van der Waals surface area contributed by atoms with E-state index in [2.05, 4.69) is 34.1 Å². The number of nitrogens with zero attached hydrogens (tertiary/aromatic N) is 2. The number of hydrogen-bond donors (Lipinski definition) is 2. The van der Waals surface area contributed by atoms with E-state index in [9.17, 15) is 9.50 Å². The van der Waals surface area contributed by atoms with E-state index in [-0.39, 0.29) is 19.2 Å². The summed E-state index contributed by atoms with van der Waals surface area (Å²) in [4.78, 5) is 4.63. The highest BCUT2D eigenvalue weighted by Gasteiger charge is 2.20. The first kappa shape index (κ1) is 24.0. The van der Waals surface area contributed by atoms with Gasteiger partial charge in [-0.3, -0.25) is 10.6 Å². The van der Waals surface area contributed by atoms with Gasteiger partial charge in [-0.15, -0.1) is 0 Å². The fraction of sp³-hybridized carbons (Fsp3) is 0.333. The number of aliphatic hydroxyl groups excluding tert-OH is 1. The van der Waals surface area contributed by atoms with Crippen molar-refractivity contribution in [3.8, 4) is 11.5 Å². The molecule has 0 bridgehead atoms. The van der Waals surface area contributed by atoms with Crippen molar-refractivity contribution in [2.24, 2.45) is 5.73 Å². The number of ether oxygens (including phenoxy) is 2. The molecular weight excluding hydrogens is 433 g/mol. The normalized spacial score (nSPS) is 15.2. The van der Waals surface area contributed by atoms with Crippen LogP contribution in [0.4, 0.5) is 10.1 Å². The van der Waals surface area contributed by atoms with Crippen LogP contribution in [-0.2, 0) is 6.42 Å². The van der Waals surface area contributed by atoms with Crippen molar-refractivity contribution >= 4 is 5.69 Å². The second-order valence-electron chi connectivity index (χ2n) is 8.51. The fourth-order valence-electron chi connectivity index (χ4n) is 4.14. The Hall–Kier alpha value is -3.13. The number of aliphatic hydroxyl groups is 1. The molecule has 0 aliphatic carbocycles. The molecule has 0 unspecified atom stereocenters. The van der Waals surface area contributed by atoms with Crippen LogP contribution in [0.3, 0.4) is 0 Å². The number of piperazine rings is 1. The number of anilines is 1. The Morgan fingerprint density at radius 1 is 0.853 bits per heavy atom. The van der Waals surface area contributed by atoms with Gasteiger partial charge in [0.2, 0.25) is 0 Å². The molecule has 0 radical (unpaired) electrons. The maximum absolute atomic E-state index is 13.1. The van der Waals surface area contributed by atoms with Crippen molar-refractivity contribution in [3.63, 3.8) is 0 Å². The van der Waals surface area contributed by atoms with Crippen molar-refractivity contribution in [2.45, 2.75) is 12.5 Å². The standard InChI is InChI=1S/C27H32FN3O3/c28-23-8-4-21(5-9-23)16-22-6-10-24(11-7-22)31-14-12-30(13-15-31)18-25(32)19-33-26-2-1-3-27(17-26)34-20-29/h1-11,17,25,32H,12-16,18-20,29H2/t25-/m0/s1. The SMILES string of the molecule is NCOc1cccc(OC[C@@H](O)CN2CCN(c3ccc(Cc4ccc(F)cc4)cc3)CC2)c1. The van der Waals surface area contributed by atoms with Crippen molar-refractivity contribution in [1.29, 1.82) is 0 Å². The molecule has 0 spiro atoms. The number of β-amino-alcohol motifs (C(OH)–C–C–N with tert-alkyl or cyclic N) is 1. The van der Waals surface area contributed by atoms with Gasteiger partial charge in [-0.1, -0.05) is 30.3 Å². The zero-order valence-corrected chi connectivity index (χ0v) is 19.3. The van der Waals surface area contributed by atoms with E-state index in [4.69, 9.17) is 15.2 Å². The smallest absolute Gasteiger partial charge is 0.137 e. The number of hydrogen-bond acceptors (Lipinski definition) is 6. The maximum Gasteiger partial charge on any atom is 0.137 e. The van der Waals surface area contributed by atoms with Gasteiger partial charge in [-0.25, -0.2) is 4.39 Å². The lowest BCUT2D eigenvalue weighted by Gasteiger charge is -2.37. The molecule has 3 aromatic rings. The van der Waals surface area contributed by atoms with Crippen LogP contribution in [0.5, 0.6) is 11.5 Å². The average Bonchev–Trinajstić information content (AvgIpc) is 2.86. The molecule has 1 aliphatic rings. The lowest BCUT2D eigenvalue weighted by molar-refractivity contribution is 0.0662. The Bertz CT molecular complexity index is 1020. The summed E-state index contributed by atoms with van der Waals surface area (Å²) >= 11 is 0. The fourth-order valence-corrected chi connectivity index (χ4v) is 4.14. The van der Waals surface area contributed by atoms with E-state index in [0.29, 0.717) is 18.0 Å². The first-order valence-corrected chi connectivity index (χ1v) is 11.6. The average molecular weight is 466 g/mol. The summed E-state index contributed by atoms with van der Waals surface area (Å²) in [5.41, 5.74) is 8.91. The maximum atomic E-state index is 13.1. The van der Waals surface area contributed by atoms with E-state index < -0.39 is 6.10 Å². The summed E-state index contributed by atoms with van der Waals surface area (Å²) in [5.74, 6) is 1.09. The molecule has 1 saturated heterocycles. The molecule has 0 saturated carbocycles. The van der Waals surface area contributed by atoms with Gasteiger partial charge in [0, 0.05) is 44.5 Å². The predicted octanol–water partition coefficient (Wildman–Crippen LogP) is 3.27. The van der Waals surface area contributed by atoms with Gasteiger partial charge in [-0.05, 0) is 53.9 Å². The van der Waals surface area contributed by atoms with Crippen LogP contribution in [0.2, 0.25) is 0 Å². The van der Waals surface area contributed by atoms with Crippen LogP contribution in [0.15, 0.2) is 72.8 Å². The molecule has 0 aromatic heterocycles. The Morgan fingerprint density at radius 2 is 1.47 bits per heavy atom. The second kappa shape index (κ2) is 11.8. The molecule has 0 amide bonds. The number of halogens is 1. The van der Waals surface area contributed by atoms with Crippen molar-refractivity contribution in [2.75, 3.05) is 51.0 Å². The van der Waals surface area contributed by atoms with E-state index in [1.807, 2.05) is 30.3 Å². The summed E-state index contributed by atoms with van der Waals surface area (Å²) in [5, 5.41) is 10.4. The molecule has 1 atom stereocenters. The summed E-state index contributed by atoms with van der Waals surface area (Å²) in [6.07, 6.45) is 0.218. The Labute approximate surface area is 200 Å². The van der Waals surface area contributed by atoms with E-state index in [0.717, 1.165) is 38.2 Å². The largest absolute Gasteiger partial charge is 0.491 e. The van der Waals surface area contributed by atoms with Crippen LogP contribution < -0.4 is 20.1 Å². The summed E-state index contributed by atoms with van der Waals surface area (Å²) in [7, 11) is 0. The highest BCUT2D eigenvalue weighted by atomic mass is 19.1. The van der Waals surface area contributed by atoms with E-state index >= 15 is 0 Å². The lowest BCUT2D eigenvalue weighted by Crippen LogP contribution is -2.49. The van der Waals surface area contributed by atoms with Crippen molar-refractivity contribution in [1.82, 2.24) is 4.90 Å². The minimum atomic E-state index is -0.573. The molecule has 6 nitrogen and oxygen atoms in total. The Balaban J connectivity index is 1.20. The molecule has 1 fully saturated rings. The molecule has 3 aromatic carbocycles. The number of rotatable bonds is 10. The summed E-state index contributed by atoms with van der Waals surface area (Å²) < 4.78 is 24.1. The van der Waals surface area contributed by atoms with Crippen LogP contribution >= 0.6 is 0 Å². The molecular formula is C27H32FN3O3. The zero-order chi connectivity index (χ0) is 23.8. The first-order chi connectivity index (χ1) is 16.6. The third-order valence-electron chi connectivity index (χ3n) is 5.96. The molecule has 180 valence electrons. The van der Waals surface area contributed by atoms with Gasteiger partial charge in [0.25, 0.3) is 0 Å². The Kier molecular flexibility index (Phi) is 8.36. The van der Waals surface area contributed by atoms with Gasteiger partial charge in [0.15, 0.2) is 0 Å². The second-order valence-corrected chi connectivity index (χ2v) is 8.51. The number of benzene rings is 3. The zero-order valence-electron chi connectivity index (χ0n) is 19.3. The van der Waals surface area contributed by atoms with Crippen LogP contribution in [0.1, 0.15) is 11.1 Å². The molecule has 1 aliphatic heterocycles. The molecule has 3 N–H and O–H groups in total. The van der Waals surface area contributed by atoms with Gasteiger partial charge < -0.3 is 19.5 Å². The van der Waals surface area contributed by atoms with Gasteiger partial charge in [0.1, 0.15) is 36.8 Å². The lowest BCUT2D eigenvalue weighted by atomic mass is 10.0. The third kappa shape index (κ3) is 6.93. The van der Waals surface area contributed by atoms with Crippen LogP contribution in [-0.4, -0.2) is 62.2 Å². The molecule has 7 heteroatoms. The van der Waals surface area contributed by atoms with Gasteiger partial charge in [0.05, 0.1) is 0 Å². The minimum absolute atomic E-state index is 0.109. The topological polar surface area (TPSA) is 71.2 Å². The quantitative estimate of drug-likeness (QED) is 0.448. The molecule has 1 heterocycles. The van der Waals surface area contributed by atoms with Gasteiger partial charge >= 0.3 is 0 Å². The first-order valence-electron chi connectivity index (χ1n) is 11.6. The summed E-state index contributed by atoms with van der Waals surface area (Å²) in [6, 6.07) is 22.5. The van der Waals surface area contributed by atoms with E-state index in [1.54, 1.807) is 6.07 Å². The number of nitrogens with two attached hydrogens (primary N) is 1. The minimum Gasteiger partial charge on any atom is -0.491 e. The highest BCUT2D eigenvalue weighted by Crippen LogP contribution is 2.21. The van der Waals surface area contributed by atoms with Crippen LogP contribution in [0.25, 0.3) is 0 Å². The monoisotopic (exact) mass is 465 g/mol. The van der Waals surface area contributed by atoms with Crippen LogP contribution in [0, 0.1) is 5.82 Å². The van der Waals surface area contributed by atoms with E-state index in [1.165, 1.54) is 23.4 Å². The third-order valence-corrected chi connectivity index (χ3v) is 5.96. The van der Waals surface area contributed by atoms with Crippen molar-refractivity contribution < 1.29 is 19.0 Å². The predicted molar refractivity (Wildman–Crippen MR) is 132 cm³/mol. The Morgan fingerprint density at radius 3 is 2.12 bits per heavy atom. The van der Waals surface area contributed by atoms with Crippen molar-refractivity contribution in [3.05, 3.63) is 89.7 Å². The van der Waals surface area contributed by atoms with Gasteiger partial charge in [-0.2, -0.15) is 0 Å². The molecule has 4 rings (SSSR count).